The van der Waals surface area contributed by atoms with Gasteiger partial charge in [-0.25, -0.2) is 0 Å². The van der Waals surface area contributed by atoms with Crippen molar-refractivity contribution >= 4 is 20.0 Å². The van der Waals surface area contributed by atoms with Crippen LogP contribution in [-0.2, 0) is 13.6 Å². The third-order valence-corrected chi connectivity index (χ3v) is 5.77. The fourth-order valence-corrected chi connectivity index (χ4v) is 4.66. The van der Waals surface area contributed by atoms with E-state index in [1.807, 2.05) is 19.9 Å². The quantitative estimate of drug-likeness (QED) is 0.818. The Hall–Kier alpha value is -0.320. The van der Waals surface area contributed by atoms with Gasteiger partial charge in [-0.15, -0.1) is 12.4 Å². The Morgan fingerprint density at radius 2 is 2.05 bits per heavy atom. The zero-order chi connectivity index (χ0) is 13.0. The number of nitrogens with one attached hydrogen (secondary N) is 1. The van der Waals surface area contributed by atoms with Gasteiger partial charge in [0, 0.05) is 19.0 Å². The van der Waals surface area contributed by atoms with Crippen molar-refractivity contribution in [2.75, 3.05) is 26.3 Å². The smallest absolute Gasteiger partial charge is 0.335 e. The predicted octanol–water partition coefficient (Wildman–Crippen LogP) is 3.02. The summed E-state index contributed by atoms with van der Waals surface area (Å²) in [7, 11) is -3.07. The van der Waals surface area contributed by atoms with Crippen LogP contribution in [0.3, 0.4) is 0 Å². The maximum Gasteiger partial charge on any atom is 0.335 e. The Kier molecular flexibility index (Phi) is 6.57. The molecule has 1 aliphatic heterocycles. The van der Waals surface area contributed by atoms with E-state index in [-0.39, 0.29) is 24.0 Å². The van der Waals surface area contributed by atoms with Gasteiger partial charge in [-0.1, -0.05) is 0 Å². The van der Waals surface area contributed by atoms with Crippen LogP contribution in [0.25, 0.3) is 0 Å². The molecule has 110 valence electrons. The fraction of sp³-hybridized carbons (Fsp3) is 0.667. The average Bonchev–Trinajstić information content (AvgIpc) is 3.00. The summed E-state index contributed by atoms with van der Waals surface area (Å²) in [5.41, 5.74) is 0.902. The number of rotatable bonds is 6. The number of furan rings is 1. The Morgan fingerprint density at radius 1 is 1.37 bits per heavy atom. The summed E-state index contributed by atoms with van der Waals surface area (Å²) in [5, 5.41) is 3.26. The highest BCUT2D eigenvalue weighted by atomic mass is 35.5. The molecule has 5 nitrogen and oxygen atoms in total. The molecule has 0 saturated carbocycles. The van der Waals surface area contributed by atoms with Crippen LogP contribution >= 0.6 is 20.0 Å². The minimum atomic E-state index is -3.07. The molecule has 0 aromatic carbocycles. The Labute approximate surface area is 120 Å². The molecule has 0 spiro atoms. The molecular formula is C12H21ClNO4P. The van der Waals surface area contributed by atoms with E-state index >= 15 is 0 Å². The van der Waals surface area contributed by atoms with E-state index in [1.165, 1.54) is 0 Å². The zero-order valence-corrected chi connectivity index (χ0v) is 12.9. The van der Waals surface area contributed by atoms with Crippen molar-refractivity contribution in [1.82, 2.24) is 5.32 Å². The first-order chi connectivity index (χ1) is 8.71. The molecule has 0 bridgehead atoms. The van der Waals surface area contributed by atoms with Crippen LogP contribution in [0.15, 0.2) is 23.0 Å². The molecule has 7 heteroatoms. The van der Waals surface area contributed by atoms with E-state index in [0.29, 0.717) is 19.8 Å². The molecule has 1 fully saturated rings. The molecule has 2 rings (SSSR count). The van der Waals surface area contributed by atoms with Crippen molar-refractivity contribution in [2.45, 2.75) is 25.4 Å². The summed E-state index contributed by atoms with van der Waals surface area (Å²) in [5.74, 6) is 0.118. The highest BCUT2D eigenvalue weighted by Crippen LogP contribution is 2.58. The minimum Gasteiger partial charge on any atom is -0.472 e. The molecule has 0 aliphatic carbocycles. The molecule has 2 unspecified atom stereocenters. The van der Waals surface area contributed by atoms with E-state index < -0.39 is 7.60 Å². The Bertz CT molecular complexity index is 402. The molecule has 1 saturated heterocycles. The van der Waals surface area contributed by atoms with E-state index in [1.54, 1.807) is 12.5 Å². The van der Waals surface area contributed by atoms with E-state index in [9.17, 15) is 4.57 Å². The minimum absolute atomic E-state index is 0. The molecule has 1 aromatic rings. The number of hydrogen-bond donors (Lipinski definition) is 1. The second-order valence-electron chi connectivity index (χ2n) is 4.26. The van der Waals surface area contributed by atoms with E-state index in [2.05, 4.69) is 5.32 Å². The standard InChI is InChI=1S/C12H20NO4P.ClH/c1-3-16-18(14,17-4-2)12-8-13-7-11(12)10-5-6-15-9-10;/h5-6,9,11-13H,3-4,7-8H2,1-2H3;1H. The van der Waals surface area contributed by atoms with Crippen LogP contribution in [0.2, 0.25) is 0 Å². The van der Waals surface area contributed by atoms with Gasteiger partial charge in [-0.3, -0.25) is 4.57 Å². The Morgan fingerprint density at radius 3 is 2.58 bits per heavy atom. The molecule has 19 heavy (non-hydrogen) atoms. The Balaban J connectivity index is 0.00000180. The van der Waals surface area contributed by atoms with Crippen molar-refractivity contribution in [3.63, 3.8) is 0 Å². The molecule has 1 aromatic heterocycles. The monoisotopic (exact) mass is 309 g/mol. The van der Waals surface area contributed by atoms with Gasteiger partial charge >= 0.3 is 7.60 Å². The van der Waals surface area contributed by atoms with Gasteiger partial charge in [0.15, 0.2) is 0 Å². The second-order valence-corrected chi connectivity index (χ2v) is 6.52. The van der Waals surface area contributed by atoms with Gasteiger partial charge in [0.25, 0.3) is 0 Å². The van der Waals surface area contributed by atoms with Crippen molar-refractivity contribution in [3.05, 3.63) is 24.2 Å². The summed E-state index contributed by atoms with van der Waals surface area (Å²) in [6, 6.07) is 1.91. The van der Waals surface area contributed by atoms with Crippen LogP contribution in [0.5, 0.6) is 0 Å². The van der Waals surface area contributed by atoms with Gasteiger partial charge < -0.3 is 18.8 Å². The summed E-state index contributed by atoms with van der Waals surface area (Å²) in [6.07, 6.45) is 3.34. The lowest BCUT2D eigenvalue weighted by atomic mass is 10.0. The van der Waals surface area contributed by atoms with Gasteiger partial charge in [-0.05, 0) is 25.5 Å². The normalized spacial score (nSPS) is 23.3. The number of halogens is 1. The predicted molar refractivity (Wildman–Crippen MR) is 76.2 cm³/mol. The highest BCUT2D eigenvalue weighted by Gasteiger charge is 2.44. The van der Waals surface area contributed by atoms with Gasteiger partial charge in [0.2, 0.25) is 0 Å². The molecule has 2 heterocycles. The van der Waals surface area contributed by atoms with Gasteiger partial charge in [0.1, 0.15) is 0 Å². The first-order valence-electron chi connectivity index (χ1n) is 6.33. The van der Waals surface area contributed by atoms with Crippen molar-refractivity contribution < 1.29 is 18.0 Å². The molecule has 0 radical (unpaired) electrons. The van der Waals surface area contributed by atoms with Gasteiger partial charge in [0.05, 0.1) is 31.4 Å². The van der Waals surface area contributed by atoms with Crippen LogP contribution in [0, 0.1) is 0 Å². The third kappa shape index (κ3) is 3.61. The maximum absolute atomic E-state index is 12.8. The SMILES string of the molecule is CCOP(=O)(OCC)C1CNCC1c1ccoc1.Cl. The summed E-state index contributed by atoms with van der Waals surface area (Å²) in [4.78, 5) is 0. The van der Waals surface area contributed by atoms with Crippen molar-refractivity contribution in [2.24, 2.45) is 0 Å². The lowest BCUT2D eigenvalue weighted by Crippen LogP contribution is -2.21. The third-order valence-electron chi connectivity index (χ3n) is 3.18. The largest absolute Gasteiger partial charge is 0.472 e. The first-order valence-corrected chi connectivity index (χ1v) is 7.94. The lowest BCUT2D eigenvalue weighted by Gasteiger charge is -2.26. The molecule has 1 N–H and O–H groups in total. The van der Waals surface area contributed by atoms with Crippen LogP contribution in [-0.4, -0.2) is 32.0 Å². The molecule has 0 amide bonds. The number of hydrogen-bond acceptors (Lipinski definition) is 5. The fourth-order valence-electron chi connectivity index (χ4n) is 2.41. The summed E-state index contributed by atoms with van der Waals surface area (Å²) >= 11 is 0. The van der Waals surface area contributed by atoms with Gasteiger partial charge in [-0.2, -0.15) is 0 Å². The van der Waals surface area contributed by atoms with E-state index in [4.69, 9.17) is 13.5 Å². The van der Waals surface area contributed by atoms with Crippen LogP contribution in [0.4, 0.5) is 0 Å². The van der Waals surface area contributed by atoms with E-state index in [0.717, 1.165) is 12.1 Å². The van der Waals surface area contributed by atoms with Crippen molar-refractivity contribution in [1.29, 1.82) is 0 Å². The average molecular weight is 310 g/mol. The highest BCUT2D eigenvalue weighted by molar-refractivity contribution is 7.54. The first kappa shape index (κ1) is 16.7. The molecule has 1 aliphatic rings. The lowest BCUT2D eigenvalue weighted by molar-refractivity contribution is 0.211. The zero-order valence-electron chi connectivity index (χ0n) is 11.2. The molecule has 2 atom stereocenters. The summed E-state index contributed by atoms with van der Waals surface area (Å²) < 4.78 is 28.8. The molecular weight excluding hydrogens is 289 g/mol. The van der Waals surface area contributed by atoms with Crippen LogP contribution < -0.4 is 5.32 Å². The topological polar surface area (TPSA) is 60.7 Å². The maximum atomic E-state index is 12.8. The summed E-state index contributed by atoms with van der Waals surface area (Å²) in [6.45, 7) is 5.88. The second kappa shape index (κ2) is 7.46. The van der Waals surface area contributed by atoms with Crippen LogP contribution in [0.1, 0.15) is 25.3 Å². The van der Waals surface area contributed by atoms with Crippen molar-refractivity contribution in [3.8, 4) is 0 Å².